The molecule has 0 saturated carbocycles. The zero-order valence-electron chi connectivity index (χ0n) is 17.7. The highest BCUT2D eigenvalue weighted by Gasteiger charge is 2.42. The lowest BCUT2D eigenvalue weighted by atomic mass is 9.80. The number of benzene rings is 2. The first kappa shape index (κ1) is 19.5. The zero-order valence-corrected chi connectivity index (χ0v) is 17.7. The number of nitrogens with zero attached hydrogens (tertiary/aromatic N) is 1. The lowest BCUT2D eigenvalue weighted by Crippen LogP contribution is -2.57. The molecule has 2 fully saturated rings. The summed E-state index contributed by atoms with van der Waals surface area (Å²) in [6.45, 7) is 10.5. The smallest absolute Gasteiger partial charge is 0.0378 e. The van der Waals surface area contributed by atoms with Crippen LogP contribution in [0.2, 0.25) is 0 Å². The molecule has 2 aliphatic heterocycles. The molecule has 2 atom stereocenters. The molecule has 150 valence electrons. The Hall–Kier alpha value is -1.84. The fourth-order valence-electron chi connectivity index (χ4n) is 5.39. The molecule has 0 bridgehead atoms. The summed E-state index contributed by atoms with van der Waals surface area (Å²) < 4.78 is 0. The Balaban J connectivity index is 1.64. The summed E-state index contributed by atoms with van der Waals surface area (Å²) in [5, 5.41) is 7.38. The second kappa shape index (κ2) is 8.26. The minimum absolute atomic E-state index is 0.294. The number of rotatable bonds is 4. The van der Waals surface area contributed by atoms with Gasteiger partial charge in [0.1, 0.15) is 0 Å². The van der Waals surface area contributed by atoms with Crippen LogP contribution in [0, 0.1) is 13.8 Å². The Bertz CT molecular complexity index is 759. The van der Waals surface area contributed by atoms with E-state index in [-0.39, 0.29) is 0 Å². The Morgan fingerprint density at radius 1 is 0.964 bits per heavy atom. The van der Waals surface area contributed by atoms with E-state index in [1.54, 1.807) is 5.56 Å². The van der Waals surface area contributed by atoms with Gasteiger partial charge in [-0.3, -0.25) is 4.90 Å². The Morgan fingerprint density at radius 3 is 2.32 bits per heavy atom. The Morgan fingerprint density at radius 2 is 1.64 bits per heavy atom. The van der Waals surface area contributed by atoms with Crippen LogP contribution in [-0.2, 0) is 0 Å². The van der Waals surface area contributed by atoms with E-state index in [9.17, 15) is 0 Å². The standard InChI is InChI=1S/C25H35N3/c1-19-8-7-9-20(2)24(19)23-18-22(27-21-10-5-4-6-11-21)12-17-28(23)25(3)13-15-26-16-14-25/h4-11,22-23,26-27H,12-18H2,1-3H3. The predicted molar refractivity (Wildman–Crippen MR) is 119 cm³/mol. The molecule has 3 heteroatoms. The molecule has 2 aliphatic rings. The summed E-state index contributed by atoms with van der Waals surface area (Å²) in [6, 6.07) is 18.5. The second-order valence-corrected chi connectivity index (χ2v) is 8.99. The average Bonchev–Trinajstić information content (AvgIpc) is 2.69. The highest BCUT2D eigenvalue weighted by Crippen LogP contribution is 2.42. The summed E-state index contributed by atoms with van der Waals surface area (Å²) in [4.78, 5) is 2.85. The maximum atomic E-state index is 3.82. The van der Waals surface area contributed by atoms with Crippen molar-refractivity contribution in [3.05, 3.63) is 65.2 Å². The van der Waals surface area contributed by atoms with Gasteiger partial charge in [0.25, 0.3) is 0 Å². The average molecular weight is 378 g/mol. The van der Waals surface area contributed by atoms with Gasteiger partial charge in [-0.25, -0.2) is 0 Å². The third kappa shape index (κ3) is 3.97. The molecule has 2 N–H and O–H groups in total. The summed E-state index contributed by atoms with van der Waals surface area (Å²) in [6.07, 6.45) is 4.86. The Labute approximate surface area is 170 Å². The van der Waals surface area contributed by atoms with Gasteiger partial charge in [0.05, 0.1) is 0 Å². The molecule has 0 aromatic heterocycles. The number of hydrogen-bond donors (Lipinski definition) is 2. The van der Waals surface area contributed by atoms with Crippen molar-refractivity contribution in [1.82, 2.24) is 10.2 Å². The SMILES string of the molecule is Cc1cccc(C)c1C1CC(Nc2ccccc2)CCN1C1(C)CCNCC1. The summed E-state index contributed by atoms with van der Waals surface area (Å²) in [7, 11) is 0. The number of nitrogens with one attached hydrogen (secondary N) is 2. The van der Waals surface area contributed by atoms with Gasteiger partial charge in [-0.1, -0.05) is 36.4 Å². The summed E-state index contributed by atoms with van der Waals surface area (Å²) in [5.41, 5.74) is 5.97. The molecular weight excluding hydrogens is 342 g/mol. The van der Waals surface area contributed by atoms with E-state index in [1.165, 1.54) is 49.0 Å². The van der Waals surface area contributed by atoms with Crippen molar-refractivity contribution in [3.8, 4) is 0 Å². The van der Waals surface area contributed by atoms with Crippen LogP contribution in [0.4, 0.5) is 5.69 Å². The van der Waals surface area contributed by atoms with Crippen molar-refractivity contribution in [2.75, 3.05) is 25.0 Å². The van der Waals surface area contributed by atoms with Gasteiger partial charge >= 0.3 is 0 Å². The minimum atomic E-state index is 0.294. The van der Waals surface area contributed by atoms with Gasteiger partial charge in [-0.2, -0.15) is 0 Å². The molecule has 28 heavy (non-hydrogen) atoms. The number of para-hydroxylation sites is 1. The maximum Gasteiger partial charge on any atom is 0.0378 e. The van der Waals surface area contributed by atoms with Gasteiger partial charge in [0, 0.05) is 29.9 Å². The molecule has 2 heterocycles. The maximum absolute atomic E-state index is 3.82. The van der Waals surface area contributed by atoms with E-state index >= 15 is 0 Å². The lowest BCUT2D eigenvalue weighted by Gasteiger charge is -2.52. The van der Waals surface area contributed by atoms with E-state index < -0.39 is 0 Å². The third-order valence-electron chi connectivity index (χ3n) is 7.00. The van der Waals surface area contributed by atoms with Crippen molar-refractivity contribution in [1.29, 1.82) is 0 Å². The number of anilines is 1. The molecule has 2 aromatic carbocycles. The van der Waals surface area contributed by atoms with E-state index in [0.29, 0.717) is 17.6 Å². The van der Waals surface area contributed by atoms with Gasteiger partial charge < -0.3 is 10.6 Å². The second-order valence-electron chi connectivity index (χ2n) is 8.99. The number of piperidine rings is 2. The van der Waals surface area contributed by atoms with Crippen LogP contribution < -0.4 is 10.6 Å². The number of hydrogen-bond acceptors (Lipinski definition) is 3. The number of likely N-dealkylation sites (tertiary alicyclic amines) is 1. The van der Waals surface area contributed by atoms with E-state index in [4.69, 9.17) is 0 Å². The molecule has 0 amide bonds. The first-order chi connectivity index (χ1) is 13.6. The van der Waals surface area contributed by atoms with Gasteiger partial charge in [0.2, 0.25) is 0 Å². The molecule has 2 aromatic rings. The lowest BCUT2D eigenvalue weighted by molar-refractivity contribution is 0.00351. The highest BCUT2D eigenvalue weighted by atomic mass is 15.2. The minimum Gasteiger partial charge on any atom is -0.382 e. The molecular formula is C25H35N3. The van der Waals surface area contributed by atoms with Crippen LogP contribution in [0.15, 0.2) is 48.5 Å². The van der Waals surface area contributed by atoms with Crippen LogP contribution in [0.5, 0.6) is 0 Å². The third-order valence-corrected chi connectivity index (χ3v) is 7.00. The van der Waals surface area contributed by atoms with Crippen LogP contribution in [-0.4, -0.2) is 36.1 Å². The topological polar surface area (TPSA) is 27.3 Å². The zero-order chi connectivity index (χ0) is 19.6. The summed E-state index contributed by atoms with van der Waals surface area (Å²) in [5.74, 6) is 0. The normalized spacial score (nSPS) is 25.4. The van der Waals surface area contributed by atoms with Gasteiger partial charge in [0.15, 0.2) is 0 Å². The van der Waals surface area contributed by atoms with E-state index in [1.807, 2.05) is 0 Å². The van der Waals surface area contributed by atoms with E-state index in [0.717, 1.165) is 13.1 Å². The molecule has 2 unspecified atom stereocenters. The van der Waals surface area contributed by atoms with E-state index in [2.05, 4.69) is 84.8 Å². The summed E-state index contributed by atoms with van der Waals surface area (Å²) >= 11 is 0. The van der Waals surface area contributed by atoms with Crippen LogP contribution in [0.1, 0.15) is 55.3 Å². The molecule has 0 spiro atoms. The fourth-order valence-corrected chi connectivity index (χ4v) is 5.39. The van der Waals surface area contributed by atoms with Crippen molar-refractivity contribution in [2.24, 2.45) is 0 Å². The van der Waals surface area contributed by atoms with Gasteiger partial charge in [-0.05, 0) is 88.4 Å². The largest absolute Gasteiger partial charge is 0.382 e. The van der Waals surface area contributed by atoms with Crippen LogP contribution in [0.3, 0.4) is 0 Å². The molecule has 0 aliphatic carbocycles. The Kier molecular flexibility index (Phi) is 5.75. The van der Waals surface area contributed by atoms with Crippen molar-refractivity contribution in [3.63, 3.8) is 0 Å². The first-order valence-corrected chi connectivity index (χ1v) is 10.9. The molecule has 2 saturated heterocycles. The monoisotopic (exact) mass is 377 g/mol. The van der Waals surface area contributed by atoms with Crippen LogP contribution >= 0.6 is 0 Å². The number of aryl methyl sites for hydroxylation is 2. The van der Waals surface area contributed by atoms with Crippen LogP contribution in [0.25, 0.3) is 0 Å². The molecule has 4 rings (SSSR count). The highest BCUT2D eigenvalue weighted by molar-refractivity contribution is 5.44. The molecule has 0 radical (unpaired) electrons. The van der Waals surface area contributed by atoms with Gasteiger partial charge in [-0.15, -0.1) is 0 Å². The van der Waals surface area contributed by atoms with Crippen molar-refractivity contribution < 1.29 is 0 Å². The first-order valence-electron chi connectivity index (χ1n) is 10.9. The fraction of sp³-hybridized carbons (Fsp3) is 0.520. The van der Waals surface area contributed by atoms with Crippen molar-refractivity contribution >= 4 is 5.69 Å². The molecule has 3 nitrogen and oxygen atoms in total. The van der Waals surface area contributed by atoms with Crippen molar-refractivity contribution in [2.45, 2.75) is 64.1 Å². The quantitative estimate of drug-likeness (QED) is 0.779. The predicted octanol–water partition coefficient (Wildman–Crippen LogP) is 5.06.